The van der Waals surface area contributed by atoms with E-state index in [-0.39, 0.29) is 11.6 Å². The lowest BCUT2D eigenvalue weighted by Crippen LogP contribution is -2.37. The van der Waals surface area contributed by atoms with Gasteiger partial charge in [0.15, 0.2) is 0 Å². The molecule has 156 valence electrons. The zero-order chi connectivity index (χ0) is 20.8. The molecule has 2 heterocycles. The molecule has 0 amide bonds. The van der Waals surface area contributed by atoms with Crippen molar-refractivity contribution in [2.45, 2.75) is 56.8 Å². The maximum Gasteiger partial charge on any atom is 0.141 e. The van der Waals surface area contributed by atoms with Crippen LogP contribution in [-0.2, 0) is 6.54 Å². The van der Waals surface area contributed by atoms with E-state index in [9.17, 15) is 4.39 Å². The number of hydrogen-bond acceptors (Lipinski definition) is 4. The number of anilines is 1. The Morgan fingerprint density at radius 2 is 2.03 bits per heavy atom. The van der Waals surface area contributed by atoms with Gasteiger partial charge in [0.1, 0.15) is 11.9 Å². The number of nitrogens with zero attached hydrogens (tertiary/aromatic N) is 3. The summed E-state index contributed by atoms with van der Waals surface area (Å²) in [6.07, 6.45) is 6.11. The number of nitriles is 1. The van der Waals surface area contributed by atoms with Crippen LogP contribution < -0.4 is 10.6 Å². The molecule has 2 aromatic carbocycles. The lowest BCUT2D eigenvalue weighted by Gasteiger charge is -2.29. The Kier molecular flexibility index (Phi) is 5.00. The number of halogens is 1. The first-order valence-electron chi connectivity index (χ1n) is 11.1. The van der Waals surface area contributed by atoms with Crippen molar-refractivity contribution in [3.63, 3.8) is 0 Å². The fraction of sp³-hybridized carbons (Fsp3) is 0.480. The molecule has 0 aromatic heterocycles. The van der Waals surface area contributed by atoms with Crippen LogP contribution in [0.25, 0.3) is 11.1 Å². The van der Waals surface area contributed by atoms with Gasteiger partial charge in [-0.3, -0.25) is 4.90 Å². The number of fused-ring (bicyclic) bond motifs is 2. The van der Waals surface area contributed by atoms with Crippen LogP contribution in [0.5, 0.6) is 0 Å². The first-order chi connectivity index (χ1) is 14.5. The van der Waals surface area contributed by atoms with Gasteiger partial charge in [0.05, 0.1) is 5.56 Å². The van der Waals surface area contributed by atoms with Gasteiger partial charge in [-0.05, 0) is 61.3 Å². The van der Waals surface area contributed by atoms with Crippen molar-refractivity contribution >= 4 is 5.69 Å². The quantitative estimate of drug-likeness (QED) is 0.781. The Hall–Kier alpha value is -2.42. The summed E-state index contributed by atoms with van der Waals surface area (Å²) in [7, 11) is 2.16. The number of hydrogen-bond donors (Lipinski definition) is 1. The van der Waals surface area contributed by atoms with Crippen LogP contribution in [-0.4, -0.2) is 36.6 Å². The third kappa shape index (κ3) is 3.49. The van der Waals surface area contributed by atoms with E-state index < -0.39 is 5.82 Å². The molecule has 2 N–H and O–H groups in total. The van der Waals surface area contributed by atoms with Crippen LogP contribution in [0.3, 0.4) is 0 Å². The molecule has 1 saturated carbocycles. The number of para-hydroxylation sites is 1. The highest BCUT2D eigenvalue weighted by Crippen LogP contribution is 2.42. The van der Waals surface area contributed by atoms with E-state index in [1.807, 2.05) is 12.1 Å². The molecule has 3 fully saturated rings. The molecule has 3 aliphatic rings. The monoisotopic (exact) mass is 404 g/mol. The van der Waals surface area contributed by atoms with Crippen molar-refractivity contribution in [1.29, 1.82) is 5.26 Å². The van der Waals surface area contributed by atoms with Crippen molar-refractivity contribution in [3.8, 4) is 17.2 Å². The summed E-state index contributed by atoms with van der Waals surface area (Å²) in [5.74, 6) is 0.296. The molecule has 2 aromatic rings. The Morgan fingerprint density at radius 3 is 2.67 bits per heavy atom. The largest absolute Gasteiger partial charge is 0.374 e. The van der Waals surface area contributed by atoms with Crippen molar-refractivity contribution in [3.05, 3.63) is 53.3 Å². The second kappa shape index (κ2) is 7.68. The van der Waals surface area contributed by atoms with Crippen molar-refractivity contribution in [1.82, 2.24) is 4.90 Å². The zero-order valence-corrected chi connectivity index (χ0v) is 17.5. The van der Waals surface area contributed by atoms with Crippen molar-refractivity contribution < 1.29 is 4.39 Å². The summed E-state index contributed by atoms with van der Waals surface area (Å²) in [5, 5.41) is 9.10. The first kappa shape index (κ1) is 19.5. The second-order valence-corrected chi connectivity index (χ2v) is 9.31. The average molecular weight is 405 g/mol. The van der Waals surface area contributed by atoms with Gasteiger partial charge in [0.25, 0.3) is 0 Å². The average Bonchev–Trinajstić information content (AvgIpc) is 3.41. The topological polar surface area (TPSA) is 56.3 Å². The van der Waals surface area contributed by atoms with Gasteiger partial charge in [0, 0.05) is 49.5 Å². The molecule has 30 heavy (non-hydrogen) atoms. The minimum Gasteiger partial charge on any atom is -0.374 e. The molecule has 0 radical (unpaired) electrons. The number of benzene rings is 2. The second-order valence-electron chi connectivity index (χ2n) is 9.31. The van der Waals surface area contributed by atoms with E-state index >= 15 is 0 Å². The van der Waals surface area contributed by atoms with Crippen LogP contribution in [0.15, 0.2) is 36.4 Å². The Labute approximate surface area is 178 Å². The highest BCUT2D eigenvalue weighted by molar-refractivity contribution is 5.81. The SMILES string of the molecule is CN(CC1CC1)c1c(CN2[C@@H]3CC[C@H]2[C@@H](N)C3)cccc1-c1ccc(C#N)c(F)c1. The van der Waals surface area contributed by atoms with Gasteiger partial charge in [-0.15, -0.1) is 0 Å². The maximum absolute atomic E-state index is 14.4. The molecule has 5 rings (SSSR count). The van der Waals surface area contributed by atoms with Gasteiger partial charge in [-0.2, -0.15) is 5.26 Å². The lowest BCUT2D eigenvalue weighted by molar-refractivity contribution is 0.239. The van der Waals surface area contributed by atoms with Crippen LogP contribution in [0.1, 0.15) is 43.2 Å². The molecular formula is C25H29FN4. The number of nitrogens with two attached hydrogens (primary N) is 1. The normalized spacial score (nSPS) is 25.5. The van der Waals surface area contributed by atoms with E-state index in [0.717, 1.165) is 36.6 Å². The van der Waals surface area contributed by atoms with E-state index in [1.54, 1.807) is 6.07 Å². The molecule has 0 unspecified atom stereocenters. The van der Waals surface area contributed by atoms with Crippen LogP contribution >= 0.6 is 0 Å². The summed E-state index contributed by atoms with van der Waals surface area (Å²) in [5.41, 5.74) is 10.8. The summed E-state index contributed by atoms with van der Waals surface area (Å²) in [6, 6.07) is 14.6. The predicted molar refractivity (Wildman–Crippen MR) is 117 cm³/mol. The van der Waals surface area contributed by atoms with Crippen LogP contribution in [0.4, 0.5) is 10.1 Å². The zero-order valence-electron chi connectivity index (χ0n) is 17.5. The molecule has 2 aliphatic heterocycles. The Bertz CT molecular complexity index is 993. The molecule has 3 atom stereocenters. The minimum absolute atomic E-state index is 0.0884. The van der Waals surface area contributed by atoms with Crippen molar-refractivity contribution in [2.24, 2.45) is 11.7 Å². The van der Waals surface area contributed by atoms with Crippen LogP contribution in [0.2, 0.25) is 0 Å². The van der Waals surface area contributed by atoms with Gasteiger partial charge in [0.2, 0.25) is 0 Å². The molecule has 5 heteroatoms. The summed E-state index contributed by atoms with van der Waals surface area (Å²) >= 11 is 0. The smallest absolute Gasteiger partial charge is 0.141 e. The predicted octanol–water partition coefficient (Wildman–Crippen LogP) is 4.27. The third-order valence-electron chi connectivity index (χ3n) is 7.21. The van der Waals surface area contributed by atoms with Gasteiger partial charge >= 0.3 is 0 Å². The summed E-state index contributed by atoms with van der Waals surface area (Å²) in [4.78, 5) is 4.95. The lowest BCUT2D eigenvalue weighted by atomic mass is 9.96. The van der Waals surface area contributed by atoms with E-state index in [4.69, 9.17) is 11.0 Å². The highest BCUT2D eigenvalue weighted by atomic mass is 19.1. The fourth-order valence-electron chi connectivity index (χ4n) is 5.55. The number of rotatable bonds is 6. The van der Waals surface area contributed by atoms with Gasteiger partial charge in [-0.1, -0.05) is 24.3 Å². The van der Waals surface area contributed by atoms with E-state index in [0.29, 0.717) is 12.1 Å². The molecule has 1 aliphatic carbocycles. The maximum atomic E-state index is 14.4. The summed E-state index contributed by atoms with van der Waals surface area (Å²) in [6.45, 7) is 1.91. The third-order valence-corrected chi connectivity index (χ3v) is 7.21. The molecule has 2 saturated heterocycles. The molecular weight excluding hydrogens is 375 g/mol. The molecule has 0 spiro atoms. The molecule has 4 nitrogen and oxygen atoms in total. The summed E-state index contributed by atoms with van der Waals surface area (Å²) < 4.78 is 14.4. The Morgan fingerprint density at radius 1 is 1.20 bits per heavy atom. The van der Waals surface area contributed by atoms with Crippen molar-refractivity contribution in [2.75, 3.05) is 18.5 Å². The minimum atomic E-state index is -0.459. The van der Waals surface area contributed by atoms with Gasteiger partial charge < -0.3 is 10.6 Å². The standard InChI is InChI=1S/C25H29FN4/c1-29(14-16-5-6-16)25-19(15-30-20-9-10-24(30)23(28)12-20)3-2-4-21(25)17-7-8-18(13-27)22(26)11-17/h2-4,7-8,11,16,20,23-24H,5-6,9-10,12,14-15,28H2,1H3/t20-,23+,24+/m1/s1. The van der Waals surface area contributed by atoms with E-state index in [1.165, 1.54) is 43.0 Å². The van der Waals surface area contributed by atoms with Crippen LogP contribution in [0, 0.1) is 23.1 Å². The molecule has 2 bridgehead atoms. The Balaban J connectivity index is 1.54. The van der Waals surface area contributed by atoms with E-state index in [2.05, 4.69) is 35.0 Å². The fourth-order valence-corrected chi connectivity index (χ4v) is 5.55. The van der Waals surface area contributed by atoms with Gasteiger partial charge in [-0.25, -0.2) is 4.39 Å². The highest BCUT2D eigenvalue weighted by Gasteiger charge is 2.44. The first-order valence-corrected chi connectivity index (χ1v) is 11.1.